The van der Waals surface area contributed by atoms with Crippen molar-refractivity contribution in [3.05, 3.63) is 62.7 Å². The molecule has 4 rings (SSSR count). The molecule has 28 heavy (non-hydrogen) atoms. The SMILES string of the molecule is CCOC(=O)c1sc2c(c1C)[C@H](c1ccc(F)c(F)c1)C1=C(CCCC1=O)N2. The molecular weight excluding hydrogens is 384 g/mol. The minimum atomic E-state index is -0.957. The molecule has 1 aromatic carbocycles. The maximum absolute atomic E-state index is 14.0. The van der Waals surface area contributed by atoms with Gasteiger partial charge in [-0.1, -0.05) is 6.07 Å². The quantitative estimate of drug-likeness (QED) is 0.727. The fourth-order valence-electron chi connectivity index (χ4n) is 3.99. The van der Waals surface area contributed by atoms with Crippen LogP contribution in [-0.4, -0.2) is 18.4 Å². The van der Waals surface area contributed by atoms with Crippen LogP contribution in [0.4, 0.5) is 13.8 Å². The average molecular weight is 403 g/mol. The van der Waals surface area contributed by atoms with E-state index in [-0.39, 0.29) is 12.4 Å². The van der Waals surface area contributed by atoms with E-state index in [4.69, 9.17) is 4.74 Å². The summed E-state index contributed by atoms with van der Waals surface area (Å²) < 4.78 is 32.7. The minimum Gasteiger partial charge on any atom is -0.462 e. The third-order valence-electron chi connectivity index (χ3n) is 5.23. The van der Waals surface area contributed by atoms with Crippen LogP contribution in [0.2, 0.25) is 0 Å². The van der Waals surface area contributed by atoms with Gasteiger partial charge in [0.05, 0.1) is 11.6 Å². The monoisotopic (exact) mass is 403 g/mol. The molecule has 0 radical (unpaired) electrons. The number of ketones is 1. The summed E-state index contributed by atoms with van der Waals surface area (Å²) in [6.07, 6.45) is 1.86. The third kappa shape index (κ3) is 2.94. The summed E-state index contributed by atoms with van der Waals surface area (Å²) in [5.41, 5.74) is 3.34. The van der Waals surface area contributed by atoms with Gasteiger partial charge < -0.3 is 10.1 Å². The van der Waals surface area contributed by atoms with Crippen molar-refractivity contribution < 1.29 is 23.1 Å². The van der Waals surface area contributed by atoms with E-state index in [9.17, 15) is 18.4 Å². The lowest BCUT2D eigenvalue weighted by molar-refractivity contribution is -0.116. The molecule has 0 spiro atoms. The second-order valence-electron chi connectivity index (χ2n) is 6.92. The Balaban J connectivity index is 1.93. The van der Waals surface area contributed by atoms with Gasteiger partial charge in [0, 0.05) is 29.2 Å². The number of anilines is 1. The fourth-order valence-corrected chi connectivity index (χ4v) is 5.16. The zero-order valence-corrected chi connectivity index (χ0v) is 16.3. The number of carbonyl (C=O) groups is 2. The molecule has 0 amide bonds. The van der Waals surface area contributed by atoms with E-state index in [1.54, 1.807) is 13.8 Å². The number of nitrogens with one attached hydrogen (secondary N) is 1. The zero-order valence-electron chi connectivity index (χ0n) is 15.5. The second kappa shape index (κ2) is 7.13. The zero-order chi connectivity index (χ0) is 20.0. The predicted molar refractivity (Wildman–Crippen MR) is 103 cm³/mol. The van der Waals surface area contributed by atoms with E-state index in [2.05, 4.69) is 5.32 Å². The number of thiophene rings is 1. The third-order valence-corrected chi connectivity index (χ3v) is 6.43. The molecule has 1 aliphatic heterocycles. The lowest BCUT2D eigenvalue weighted by Crippen LogP contribution is -2.26. The number of carbonyl (C=O) groups excluding carboxylic acids is 2. The Bertz CT molecular complexity index is 1020. The Labute approximate surface area is 165 Å². The molecular formula is C21H19F2NO3S. The largest absolute Gasteiger partial charge is 0.462 e. The standard InChI is InChI=1S/C21H19F2NO3S/c1-3-27-21(26)19-10(2)16-17(11-7-8-12(22)13(23)9-11)18-14(24-20(16)28-19)5-4-6-15(18)25/h7-9,17,24H,3-6H2,1-2H3/t17-/m0/s1. The molecule has 7 heteroatoms. The number of halogens is 2. The lowest BCUT2D eigenvalue weighted by Gasteiger charge is -2.32. The van der Waals surface area contributed by atoms with E-state index in [0.29, 0.717) is 34.4 Å². The van der Waals surface area contributed by atoms with Crippen molar-refractivity contribution in [3.63, 3.8) is 0 Å². The van der Waals surface area contributed by atoms with Gasteiger partial charge in [0.1, 0.15) is 4.88 Å². The Morgan fingerprint density at radius 2 is 2.07 bits per heavy atom. The van der Waals surface area contributed by atoms with Gasteiger partial charge in [0.25, 0.3) is 0 Å². The number of benzene rings is 1. The Morgan fingerprint density at radius 3 is 2.79 bits per heavy atom. The number of fused-ring (bicyclic) bond motifs is 1. The highest BCUT2D eigenvalue weighted by atomic mass is 32.1. The number of allylic oxidation sites excluding steroid dienone is 2. The van der Waals surface area contributed by atoms with Crippen LogP contribution >= 0.6 is 11.3 Å². The maximum Gasteiger partial charge on any atom is 0.348 e. The van der Waals surface area contributed by atoms with Crippen LogP contribution in [0.3, 0.4) is 0 Å². The molecule has 0 unspecified atom stereocenters. The van der Waals surface area contributed by atoms with Crippen LogP contribution in [-0.2, 0) is 9.53 Å². The molecule has 1 N–H and O–H groups in total. The number of hydrogen-bond acceptors (Lipinski definition) is 5. The first kappa shape index (κ1) is 18.8. The topological polar surface area (TPSA) is 55.4 Å². The highest BCUT2D eigenvalue weighted by molar-refractivity contribution is 7.18. The summed E-state index contributed by atoms with van der Waals surface area (Å²) in [6, 6.07) is 3.72. The lowest BCUT2D eigenvalue weighted by atomic mass is 9.75. The molecule has 1 aromatic heterocycles. The van der Waals surface area contributed by atoms with Crippen LogP contribution in [0.25, 0.3) is 0 Å². The molecule has 1 atom stereocenters. The van der Waals surface area contributed by atoms with Gasteiger partial charge in [0.15, 0.2) is 17.4 Å². The molecule has 0 bridgehead atoms. The van der Waals surface area contributed by atoms with Gasteiger partial charge in [-0.25, -0.2) is 13.6 Å². The molecule has 2 aromatic rings. The van der Waals surface area contributed by atoms with Gasteiger partial charge in [-0.2, -0.15) is 0 Å². The fraction of sp³-hybridized carbons (Fsp3) is 0.333. The average Bonchev–Trinajstić information content (AvgIpc) is 2.99. The normalized spacial score (nSPS) is 18.4. The van der Waals surface area contributed by atoms with Crippen molar-refractivity contribution in [2.75, 3.05) is 11.9 Å². The minimum absolute atomic E-state index is 0.00239. The molecule has 0 saturated heterocycles. The Kier molecular flexibility index (Phi) is 4.79. The number of hydrogen-bond donors (Lipinski definition) is 1. The smallest absolute Gasteiger partial charge is 0.348 e. The van der Waals surface area contributed by atoms with E-state index in [1.807, 2.05) is 0 Å². The summed E-state index contributed by atoms with van der Waals surface area (Å²) in [5.74, 6) is -2.85. The molecule has 0 saturated carbocycles. The molecule has 0 fully saturated rings. The van der Waals surface area contributed by atoms with E-state index >= 15 is 0 Å². The molecule has 1 aliphatic carbocycles. The van der Waals surface area contributed by atoms with E-state index < -0.39 is 23.5 Å². The maximum atomic E-state index is 14.0. The number of ether oxygens (including phenoxy) is 1. The molecule has 146 valence electrons. The summed E-state index contributed by atoms with van der Waals surface area (Å²) in [4.78, 5) is 25.6. The first-order valence-electron chi connectivity index (χ1n) is 9.21. The first-order chi connectivity index (χ1) is 13.4. The summed E-state index contributed by atoms with van der Waals surface area (Å²) >= 11 is 1.27. The Morgan fingerprint density at radius 1 is 1.29 bits per heavy atom. The predicted octanol–water partition coefficient (Wildman–Crippen LogP) is 5.08. The first-order valence-corrected chi connectivity index (χ1v) is 10.0. The van der Waals surface area contributed by atoms with Crippen LogP contribution < -0.4 is 5.32 Å². The Hall–Kier alpha value is -2.54. The van der Waals surface area contributed by atoms with Crippen molar-refractivity contribution in [1.29, 1.82) is 0 Å². The van der Waals surface area contributed by atoms with Crippen LogP contribution in [0, 0.1) is 18.6 Å². The van der Waals surface area contributed by atoms with Gasteiger partial charge in [0.2, 0.25) is 0 Å². The van der Waals surface area contributed by atoms with Crippen molar-refractivity contribution in [3.8, 4) is 0 Å². The number of esters is 1. The van der Waals surface area contributed by atoms with Gasteiger partial charge in [-0.3, -0.25) is 4.79 Å². The second-order valence-corrected chi connectivity index (χ2v) is 7.94. The van der Waals surface area contributed by atoms with Crippen molar-refractivity contribution in [1.82, 2.24) is 0 Å². The van der Waals surface area contributed by atoms with Crippen molar-refractivity contribution in [2.45, 2.75) is 39.0 Å². The molecule has 4 nitrogen and oxygen atoms in total. The highest BCUT2D eigenvalue weighted by Gasteiger charge is 2.39. The van der Waals surface area contributed by atoms with E-state index in [1.165, 1.54) is 17.4 Å². The molecule has 2 aliphatic rings. The summed E-state index contributed by atoms with van der Waals surface area (Å²) in [6.45, 7) is 3.80. The number of Topliss-reactive ketones (excluding diaryl/α,β-unsaturated/α-hetero) is 1. The van der Waals surface area contributed by atoms with Gasteiger partial charge in [-0.15, -0.1) is 11.3 Å². The van der Waals surface area contributed by atoms with E-state index in [0.717, 1.165) is 34.8 Å². The summed E-state index contributed by atoms with van der Waals surface area (Å²) in [5, 5.41) is 4.07. The van der Waals surface area contributed by atoms with Crippen LogP contribution in [0.1, 0.15) is 58.5 Å². The number of rotatable bonds is 3. The van der Waals surface area contributed by atoms with Gasteiger partial charge >= 0.3 is 5.97 Å². The van der Waals surface area contributed by atoms with Crippen LogP contribution in [0.5, 0.6) is 0 Å². The van der Waals surface area contributed by atoms with Crippen molar-refractivity contribution in [2.24, 2.45) is 0 Å². The van der Waals surface area contributed by atoms with Gasteiger partial charge in [-0.05, 0) is 49.9 Å². The highest BCUT2D eigenvalue weighted by Crippen LogP contribution is 2.50. The van der Waals surface area contributed by atoms with Crippen molar-refractivity contribution >= 4 is 28.1 Å². The summed E-state index contributed by atoms with van der Waals surface area (Å²) in [7, 11) is 0. The molecule has 2 heterocycles. The van der Waals surface area contributed by atoms with Crippen LogP contribution in [0.15, 0.2) is 29.5 Å².